The van der Waals surface area contributed by atoms with Crippen LogP contribution in [0.1, 0.15) is 10.6 Å². The maximum atomic E-state index is 12.3. The van der Waals surface area contributed by atoms with Gasteiger partial charge in [-0.25, -0.2) is 4.98 Å². The van der Waals surface area contributed by atoms with Gasteiger partial charge in [0.15, 0.2) is 5.76 Å². The first-order chi connectivity index (χ1) is 12.2. The Morgan fingerprint density at radius 2 is 2.04 bits per heavy atom. The Morgan fingerprint density at radius 1 is 1.16 bits per heavy atom. The van der Waals surface area contributed by atoms with Crippen LogP contribution in [0.15, 0.2) is 65.3 Å². The molecule has 4 rings (SSSR count). The Kier molecular flexibility index (Phi) is 3.95. The number of hydrogen-bond acceptors (Lipinski definition) is 5. The van der Waals surface area contributed by atoms with Crippen LogP contribution >= 0.6 is 11.3 Å². The van der Waals surface area contributed by atoms with Crippen LogP contribution in [0.4, 0.5) is 5.69 Å². The lowest BCUT2D eigenvalue weighted by Crippen LogP contribution is -2.11. The molecule has 2 heterocycles. The molecule has 124 valence electrons. The van der Waals surface area contributed by atoms with E-state index in [0.717, 1.165) is 20.8 Å². The van der Waals surface area contributed by atoms with Gasteiger partial charge in [-0.05, 0) is 42.5 Å². The van der Waals surface area contributed by atoms with E-state index >= 15 is 0 Å². The van der Waals surface area contributed by atoms with Crippen molar-refractivity contribution in [1.82, 2.24) is 4.98 Å². The molecule has 0 aliphatic rings. The van der Waals surface area contributed by atoms with Crippen molar-refractivity contribution in [2.24, 2.45) is 0 Å². The van der Waals surface area contributed by atoms with Gasteiger partial charge in [0.2, 0.25) is 0 Å². The lowest BCUT2D eigenvalue weighted by Gasteiger charge is -2.10. The molecular weight excluding hydrogens is 336 g/mol. The molecule has 0 saturated heterocycles. The van der Waals surface area contributed by atoms with Crippen molar-refractivity contribution < 1.29 is 13.9 Å². The standard InChI is InChI=1S/C19H14N2O3S/c1-23-15-9-8-12(19-21-13-5-2-3-7-17(13)25-19)11-14(15)20-18(22)16-6-4-10-24-16/h2-11H,1H3,(H,20,22). The Morgan fingerprint density at radius 3 is 2.80 bits per heavy atom. The van der Waals surface area contributed by atoms with E-state index in [-0.39, 0.29) is 11.7 Å². The zero-order chi connectivity index (χ0) is 17.2. The highest BCUT2D eigenvalue weighted by Gasteiger charge is 2.14. The Labute approximate surface area is 147 Å². The number of carbonyl (C=O) groups is 1. The molecule has 0 fully saturated rings. The van der Waals surface area contributed by atoms with Gasteiger partial charge in [-0.15, -0.1) is 11.3 Å². The Balaban J connectivity index is 1.71. The molecule has 5 nitrogen and oxygen atoms in total. The molecule has 2 aromatic carbocycles. The number of aromatic nitrogens is 1. The summed E-state index contributed by atoms with van der Waals surface area (Å²) in [5, 5.41) is 3.71. The minimum atomic E-state index is -0.329. The summed E-state index contributed by atoms with van der Waals surface area (Å²) in [4.78, 5) is 16.9. The number of nitrogens with zero attached hydrogens (tertiary/aromatic N) is 1. The molecule has 2 aromatic heterocycles. The lowest BCUT2D eigenvalue weighted by atomic mass is 10.2. The first kappa shape index (κ1) is 15.4. The van der Waals surface area contributed by atoms with Gasteiger partial charge >= 0.3 is 0 Å². The van der Waals surface area contributed by atoms with E-state index in [1.54, 1.807) is 30.6 Å². The fraction of sp³-hybridized carbons (Fsp3) is 0.0526. The molecule has 0 saturated carbocycles. The summed E-state index contributed by atoms with van der Waals surface area (Å²) in [6.07, 6.45) is 1.46. The Hall–Kier alpha value is -3.12. The zero-order valence-electron chi connectivity index (χ0n) is 13.4. The highest BCUT2D eigenvalue weighted by molar-refractivity contribution is 7.21. The summed E-state index contributed by atoms with van der Waals surface area (Å²) in [7, 11) is 1.56. The van der Waals surface area contributed by atoms with Gasteiger partial charge in [-0.2, -0.15) is 0 Å². The quantitative estimate of drug-likeness (QED) is 0.573. The van der Waals surface area contributed by atoms with E-state index in [0.29, 0.717) is 11.4 Å². The van der Waals surface area contributed by atoms with Crippen molar-refractivity contribution in [3.8, 4) is 16.3 Å². The van der Waals surface area contributed by atoms with Gasteiger partial charge in [0, 0.05) is 5.56 Å². The summed E-state index contributed by atoms with van der Waals surface area (Å²) in [5.41, 5.74) is 2.44. The number of carbonyl (C=O) groups excluding carboxylic acids is 1. The molecule has 1 N–H and O–H groups in total. The third kappa shape index (κ3) is 2.99. The zero-order valence-corrected chi connectivity index (χ0v) is 14.2. The van der Waals surface area contributed by atoms with E-state index < -0.39 is 0 Å². The monoisotopic (exact) mass is 350 g/mol. The van der Waals surface area contributed by atoms with Crippen molar-refractivity contribution >= 4 is 33.1 Å². The number of nitrogens with one attached hydrogen (secondary N) is 1. The lowest BCUT2D eigenvalue weighted by molar-refractivity contribution is 0.0996. The first-order valence-corrected chi connectivity index (χ1v) is 8.45. The van der Waals surface area contributed by atoms with Crippen LogP contribution in [0, 0.1) is 0 Å². The van der Waals surface area contributed by atoms with Crippen molar-refractivity contribution in [2.75, 3.05) is 12.4 Å². The highest BCUT2D eigenvalue weighted by Crippen LogP contribution is 2.35. The van der Waals surface area contributed by atoms with Gasteiger partial charge in [-0.1, -0.05) is 12.1 Å². The predicted octanol–water partition coefficient (Wildman–Crippen LogP) is 4.82. The Bertz CT molecular complexity index is 1000. The predicted molar refractivity (Wildman–Crippen MR) is 98.3 cm³/mol. The maximum Gasteiger partial charge on any atom is 0.291 e. The number of furan rings is 1. The number of para-hydroxylation sites is 1. The highest BCUT2D eigenvalue weighted by atomic mass is 32.1. The van der Waals surface area contributed by atoms with Gasteiger partial charge < -0.3 is 14.5 Å². The summed E-state index contributed by atoms with van der Waals surface area (Å²) in [6, 6.07) is 16.9. The fourth-order valence-electron chi connectivity index (χ4n) is 2.53. The van der Waals surface area contributed by atoms with Crippen LogP contribution in [0.5, 0.6) is 5.75 Å². The van der Waals surface area contributed by atoms with Crippen LogP contribution in [0.2, 0.25) is 0 Å². The number of hydrogen-bond donors (Lipinski definition) is 1. The van der Waals surface area contributed by atoms with Crippen molar-refractivity contribution in [1.29, 1.82) is 0 Å². The fourth-order valence-corrected chi connectivity index (χ4v) is 3.49. The molecular formula is C19H14N2O3S. The number of thiazole rings is 1. The minimum absolute atomic E-state index is 0.243. The van der Waals surface area contributed by atoms with E-state index in [1.165, 1.54) is 6.26 Å². The molecule has 1 amide bonds. The van der Waals surface area contributed by atoms with Gasteiger partial charge in [0.05, 0.1) is 29.3 Å². The number of fused-ring (bicyclic) bond motifs is 1. The molecule has 0 unspecified atom stereocenters. The van der Waals surface area contributed by atoms with E-state index in [2.05, 4.69) is 10.3 Å². The van der Waals surface area contributed by atoms with Crippen molar-refractivity contribution in [2.45, 2.75) is 0 Å². The number of anilines is 1. The summed E-state index contributed by atoms with van der Waals surface area (Å²) >= 11 is 1.61. The third-order valence-electron chi connectivity index (χ3n) is 3.73. The van der Waals surface area contributed by atoms with E-state index in [4.69, 9.17) is 9.15 Å². The largest absolute Gasteiger partial charge is 0.495 e. The smallest absolute Gasteiger partial charge is 0.291 e. The van der Waals surface area contributed by atoms with Crippen LogP contribution < -0.4 is 10.1 Å². The van der Waals surface area contributed by atoms with Crippen LogP contribution in [-0.4, -0.2) is 18.0 Å². The van der Waals surface area contributed by atoms with Gasteiger partial charge in [0.1, 0.15) is 10.8 Å². The second kappa shape index (κ2) is 6.41. The number of benzene rings is 2. The molecule has 4 aromatic rings. The SMILES string of the molecule is COc1ccc(-c2nc3ccccc3s2)cc1NC(=O)c1ccco1. The number of methoxy groups -OCH3 is 1. The number of rotatable bonds is 4. The van der Waals surface area contributed by atoms with Crippen LogP contribution in [0.25, 0.3) is 20.8 Å². The van der Waals surface area contributed by atoms with E-state index in [1.807, 2.05) is 42.5 Å². The maximum absolute atomic E-state index is 12.3. The molecule has 0 radical (unpaired) electrons. The molecule has 6 heteroatoms. The summed E-state index contributed by atoms with van der Waals surface area (Å²) < 4.78 is 11.6. The molecule has 0 aliphatic heterocycles. The topological polar surface area (TPSA) is 64.4 Å². The summed E-state index contributed by atoms with van der Waals surface area (Å²) in [5.74, 6) is 0.488. The average molecular weight is 350 g/mol. The molecule has 0 bridgehead atoms. The molecule has 0 atom stereocenters. The van der Waals surface area contributed by atoms with Crippen LogP contribution in [0.3, 0.4) is 0 Å². The second-order valence-corrected chi connectivity index (χ2v) is 6.36. The third-order valence-corrected chi connectivity index (χ3v) is 4.82. The number of ether oxygens (including phenoxy) is 1. The molecule has 0 aliphatic carbocycles. The summed E-state index contributed by atoms with van der Waals surface area (Å²) in [6.45, 7) is 0. The molecule has 25 heavy (non-hydrogen) atoms. The van der Waals surface area contributed by atoms with Gasteiger partial charge in [-0.3, -0.25) is 4.79 Å². The van der Waals surface area contributed by atoms with E-state index in [9.17, 15) is 4.79 Å². The van der Waals surface area contributed by atoms with Crippen LogP contribution in [-0.2, 0) is 0 Å². The minimum Gasteiger partial charge on any atom is -0.495 e. The number of amides is 1. The molecule has 0 spiro atoms. The first-order valence-electron chi connectivity index (χ1n) is 7.63. The van der Waals surface area contributed by atoms with Gasteiger partial charge in [0.25, 0.3) is 5.91 Å². The normalized spacial score (nSPS) is 10.8. The second-order valence-electron chi connectivity index (χ2n) is 5.33. The van der Waals surface area contributed by atoms with Crippen molar-refractivity contribution in [3.63, 3.8) is 0 Å². The van der Waals surface area contributed by atoms with Crippen molar-refractivity contribution in [3.05, 3.63) is 66.6 Å². The average Bonchev–Trinajstić information content (AvgIpc) is 3.31.